The van der Waals surface area contributed by atoms with E-state index in [0.29, 0.717) is 5.75 Å². The van der Waals surface area contributed by atoms with Gasteiger partial charge in [0.05, 0.1) is 0 Å². The van der Waals surface area contributed by atoms with Gasteiger partial charge >= 0.3 is 0 Å². The first-order chi connectivity index (χ1) is 7.69. The van der Waals surface area contributed by atoms with Gasteiger partial charge in [-0.25, -0.2) is 0 Å². The average molecular weight is 220 g/mol. The molecule has 3 N–H and O–H groups in total. The lowest BCUT2D eigenvalue weighted by Crippen LogP contribution is -2.20. The maximum Gasteiger partial charge on any atom is 0.177 e. The predicted molar refractivity (Wildman–Crippen MR) is 59.9 cm³/mol. The van der Waals surface area contributed by atoms with Crippen molar-refractivity contribution in [2.45, 2.75) is 6.92 Å². The number of amidine groups is 1. The third-order valence-electron chi connectivity index (χ3n) is 2.13. The molecule has 0 bridgehead atoms. The van der Waals surface area contributed by atoms with Crippen molar-refractivity contribution in [1.82, 2.24) is 0 Å². The third-order valence-corrected chi connectivity index (χ3v) is 2.13. The van der Waals surface area contributed by atoms with Crippen LogP contribution in [0.2, 0.25) is 0 Å². The molecule has 0 radical (unpaired) electrons. The summed E-state index contributed by atoms with van der Waals surface area (Å²) in [7, 11) is 0. The Kier molecular flexibility index (Phi) is 2.68. The van der Waals surface area contributed by atoms with E-state index in [-0.39, 0.29) is 12.4 Å². The fraction of sp³-hybridized carbons (Fsp3) is 0.182. The Hall–Kier alpha value is -2.17. The summed E-state index contributed by atoms with van der Waals surface area (Å²) >= 11 is 0. The summed E-state index contributed by atoms with van der Waals surface area (Å²) in [4.78, 5) is 0. The molecule has 0 atom stereocenters. The quantitative estimate of drug-likeness (QED) is 0.358. The van der Waals surface area contributed by atoms with E-state index < -0.39 is 0 Å². The van der Waals surface area contributed by atoms with E-state index in [0.717, 1.165) is 16.7 Å². The highest BCUT2D eigenvalue weighted by molar-refractivity contribution is 5.82. The number of ether oxygens (including phenoxy) is 1. The largest absolute Gasteiger partial charge is 0.486 e. The van der Waals surface area contributed by atoms with Crippen molar-refractivity contribution in [2.75, 3.05) is 6.61 Å². The molecule has 1 aromatic heterocycles. The molecule has 1 heterocycles. The Morgan fingerprint density at radius 3 is 3.06 bits per heavy atom. The number of rotatable bonds is 3. The number of benzene rings is 1. The van der Waals surface area contributed by atoms with Gasteiger partial charge in [-0.3, -0.25) is 0 Å². The Bertz CT molecular complexity index is 531. The van der Waals surface area contributed by atoms with E-state index in [1.807, 2.05) is 25.1 Å². The summed E-state index contributed by atoms with van der Waals surface area (Å²) in [6.07, 6.45) is 0. The maximum atomic E-state index is 8.36. The fourth-order valence-corrected chi connectivity index (χ4v) is 1.43. The topological polar surface area (TPSA) is 81.0 Å². The lowest BCUT2D eigenvalue weighted by Gasteiger charge is -2.03. The molecular formula is C11H12N2O3. The molecule has 2 aromatic rings. The first-order valence-electron chi connectivity index (χ1n) is 4.78. The molecule has 16 heavy (non-hydrogen) atoms. The third kappa shape index (κ3) is 2.08. The minimum absolute atomic E-state index is 0.0310. The minimum atomic E-state index is 0.0310. The van der Waals surface area contributed by atoms with Crippen molar-refractivity contribution in [3.8, 4) is 5.75 Å². The van der Waals surface area contributed by atoms with Crippen LogP contribution in [0, 0.1) is 6.92 Å². The molecule has 0 spiro atoms. The first-order valence-corrected chi connectivity index (χ1v) is 4.78. The highest BCUT2D eigenvalue weighted by Gasteiger charge is 2.02. The summed E-state index contributed by atoms with van der Waals surface area (Å²) in [6, 6.07) is 7.36. The number of hydrogen-bond acceptors (Lipinski definition) is 4. The van der Waals surface area contributed by atoms with Gasteiger partial charge in [0.25, 0.3) is 0 Å². The van der Waals surface area contributed by atoms with Crippen LogP contribution < -0.4 is 10.5 Å². The van der Waals surface area contributed by atoms with Crippen LogP contribution in [-0.2, 0) is 0 Å². The number of fused-ring (bicyclic) bond motifs is 1. The summed E-state index contributed by atoms with van der Waals surface area (Å²) in [5.74, 6) is 1.53. The monoisotopic (exact) mass is 220 g/mol. The lowest BCUT2D eigenvalue weighted by molar-refractivity contribution is 0.306. The van der Waals surface area contributed by atoms with Gasteiger partial charge in [0, 0.05) is 5.39 Å². The van der Waals surface area contributed by atoms with Crippen molar-refractivity contribution in [2.24, 2.45) is 10.9 Å². The van der Waals surface area contributed by atoms with E-state index >= 15 is 0 Å². The first kappa shape index (κ1) is 10.4. The second-order valence-corrected chi connectivity index (χ2v) is 3.44. The molecule has 0 aliphatic rings. The Labute approximate surface area is 92.1 Å². The van der Waals surface area contributed by atoms with Crippen molar-refractivity contribution < 1.29 is 14.4 Å². The highest BCUT2D eigenvalue weighted by Crippen LogP contribution is 2.23. The van der Waals surface area contributed by atoms with E-state index in [1.165, 1.54) is 0 Å². The maximum absolute atomic E-state index is 8.36. The van der Waals surface area contributed by atoms with Crippen molar-refractivity contribution >= 4 is 16.8 Å². The second kappa shape index (κ2) is 4.14. The Balaban J connectivity index is 2.19. The summed E-state index contributed by atoms with van der Waals surface area (Å²) in [6.45, 7) is 1.94. The molecule has 0 amide bonds. The van der Waals surface area contributed by atoms with Gasteiger partial charge in [0.2, 0.25) is 0 Å². The van der Waals surface area contributed by atoms with Crippen LogP contribution in [0.4, 0.5) is 0 Å². The summed E-state index contributed by atoms with van der Waals surface area (Å²) in [5.41, 5.74) is 6.11. The van der Waals surface area contributed by atoms with Gasteiger partial charge in [0.1, 0.15) is 23.7 Å². The Morgan fingerprint density at radius 1 is 1.50 bits per heavy atom. The van der Waals surface area contributed by atoms with Gasteiger partial charge in [-0.1, -0.05) is 5.16 Å². The summed E-state index contributed by atoms with van der Waals surface area (Å²) in [5, 5.41) is 12.1. The zero-order valence-corrected chi connectivity index (χ0v) is 8.80. The van der Waals surface area contributed by atoms with Crippen LogP contribution in [0.1, 0.15) is 5.76 Å². The smallest absolute Gasteiger partial charge is 0.177 e. The lowest BCUT2D eigenvalue weighted by atomic mass is 10.2. The molecule has 0 fully saturated rings. The molecule has 84 valence electrons. The number of hydrogen-bond donors (Lipinski definition) is 2. The number of oxime groups is 1. The van der Waals surface area contributed by atoms with E-state index in [4.69, 9.17) is 20.1 Å². The van der Waals surface area contributed by atoms with Crippen LogP contribution in [-0.4, -0.2) is 17.6 Å². The zero-order chi connectivity index (χ0) is 11.5. The minimum Gasteiger partial charge on any atom is -0.486 e. The van der Waals surface area contributed by atoms with Crippen LogP contribution >= 0.6 is 0 Å². The van der Waals surface area contributed by atoms with E-state index in [9.17, 15) is 0 Å². The van der Waals surface area contributed by atoms with Gasteiger partial charge < -0.3 is 20.1 Å². The Morgan fingerprint density at radius 2 is 2.31 bits per heavy atom. The normalized spacial score (nSPS) is 11.9. The number of nitrogens with two attached hydrogens (primary N) is 1. The molecule has 2 rings (SSSR count). The molecule has 1 aromatic carbocycles. The van der Waals surface area contributed by atoms with Crippen molar-refractivity contribution in [3.63, 3.8) is 0 Å². The number of furan rings is 1. The second-order valence-electron chi connectivity index (χ2n) is 3.44. The number of nitrogens with zero attached hydrogens (tertiary/aromatic N) is 1. The number of aryl methyl sites for hydroxylation is 1. The standard InChI is InChI=1S/C11H12N2O3/c1-7-4-8-5-9(2-3-10(8)16-7)15-6-11(12)13-14/h2-5,14H,6H2,1H3,(H2,12,13). The van der Waals surface area contributed by atoms with E-state index in [1.54, 1.807) is 6.07 Å². The summed E-state index contributed by atoms with van der Waals surface area (Å²) < 4.78 is 10.7. The van der Waals surface area contributed by atoms with Crippen LogP contribution in [0.3, 0.4) is 0 Å². The van der Waals surface area contributed by atoms with Gasteiger partial charge in [-0.2, -0.15) is 0 Å². The van der Waals surface area contributed by atoms with Crippen molar-refractivity contribution in [1.29, 1.82) is 0 Å². The fourth-order valence-electron chi connectivity index (χ4n) is 1.43. The van der Waals surface area contributed by atoms with E-state index in [2.05, 4.69) is 5.16 Å². The average Bonchev–Trinajstić information content (AvgIpc) is 2.65. The predicted octanol–water partition coefficient (Wildman–Crippen LogP) is 1.87. The van der Waals surface area contributed by atoms with Crippen LogP contribution in [0.5, 0.6) is 5.75 Å². The highest BCUT2D eigenvalue weighted by atomic mass is 16.5. The molecule has 0 saturated heterocycles. The van der Waals surface area contributed by atoms with Crippen LogP contribution in [0.15, 0.2) is 33.8 Å². The molecule has 5 heteroatoms. The van der Waals surface area contributed by atoms with Gasteiger partial charge in [-0.15, -0.1) is 0 Å². The molecule has 0 aliphatic heterocycles. The van der Waals surface area contributed by atoms with Gasteiger partial charge in [-0.05, 0) is 31.2 Å². The van der Waals surface area contributed by atoms with Gasteiger partial charge in [0.15, 0.2) is 5.84 Å². The molecular weight excluding hydrogens is 208 g/mol. The molecule has 0 unspecified atom stereocenters. The molecule has 5 nitrogen and oxygen atoms in total. The van der Waals surface area contributed by atoms with Crippen molar-refractivity contribution in [3.05, 3.63) is 30.0 Å². The zero-order valence-electron chi connectivity index (χ0n) is 8.80. The van der Waals surface area contributed by atoms with Crippen LogP contribution in [0.25, 0.3) is 11.0 Å². The molecule has 0 aliphatic carbocycles. The molecule has 0 saturated carbocycles. The SMILES string of the molecule is Cc1cc2cc(OC/C(N)=N\O)ccc2o1.